The van der Waals surface area contributed by atoms with Gasteiger partial charge in [0.1, 0.15) is 10.7 Å². The molecule has 0 aliphatic rings. The number of rotatable bonds is 10. The summed E-state index contributed by atoms with van der Waals surface area (Å²) in [4.78, 5) is 30.7. The number of nitrogens with zero attached hydrogens (tertiary/aromatic N) is 2. The highest BCUT2D eigenvalue weighted by atomic mass is 31.2. The molecule has 9 nitrogen and oxygen atoms in total. The van der Waals surface area contributed by atoms with Crippen molar-refractivity contribution in [3.05, 3.63) is 98.8 Å². The molecule has 1 aromatic heterocycles. The van der Waals surface area contributed by atoms with Gasteiger partial charge in [-0.15, -0.1) is 0 Å². The van der Waals surface area contributed by atoms with Gasteiger partial charge in [-0.05, 0) is 28.3 Å². The predicted molar refractivity (Wildman–Crippen MR) is 115 cm³/mol. The third-order valence-corrected chi connectivity index (χ3v) is 5.43. The van der Waals surface area contributed by atoms with E-state index in [-0.39, 0.29) is 12.0 Å². The van der Waals surface area contributed by atoms with Gasteiger partial charge in [0.2, 0.25) is 0 Å². The molecule has 164 valence electrons. The van der Waals surface area contributed by atoms with Crippen LogP contribution in [0.5, 0.6) is 0 Å². The van der Waals surface area contributed by atoms with Gasteiger partial charge in [0.05, 0.1) is 18.8 Å². The predicted octanol–water partition coefficient (Wildman–Crippen LogP) is 3.53. The zero-order chi connectivity index (χ0) is 22.4. The van der Waals surface area contributed by atoms with Gasteiger partial charge in [0.15, 0.2) is 0 Å². The van der Waals surface area contributed by atoms with Crippen LogP contribution in [0.2, 0.25) is 0 Å². The van der Waals surface area contributed by atoms with Gasteiger partial charge >= 0.3 is 13.5 Å². The molecule has 31 heavy (non-hydrogen) atoms. The van der Waals surface area contributed by atoms with Crippen molar-refractivity contribution in [1.82, 2.24) is 4.90 Å². The normalized spacial score (nSPS) is 11.7. The highest BCUT2D eigenvalue weighted by molar-refractivity contribution is 7.50. The summed E-state index contributed by atoms with van der Waals surface area (Å²) in [5.41, 5.74) is 9.28. The fourth-order valence-electron chi connectivity index (χ4n) is 3.30. The summed E-state index contributed by atoms with van der Waals surface area (Å²) in [6.45, 7) is 1.86. The van der Waals surface area contributed by atoms with Gasteiger partial charge in [-0.2, -0.15) is 0 Å². The van der Waals surface area contributed by atoms with Gasteiger partial charge < -0.3 is 19.9 Å². The Kier molecular flexibility index (Phi) is 7.37. The molecule has 0 aliphatic carbocycles. The van der Waals surface area contributed by atoms with Gasteiger partial charge in [0, 0.05) is 19.6 Å². The summed E-state index contributed by atoms with van der Waals surface area (Å²) in [6.07, 6.45) is -0.307. The number of nitrogens with two attached hydrogens (primary N) is 1. The minimum absolute atomic E-state index is 0.304. The molecular formula is C21H24N3O6P. The molecule has 0 atom stereocenters. The van der Waals surface area contributed by atoms with Crippen LogP contribution in [0.1, 0.15) is 28.0 Å². The van der Waals surface area contributed by atoms with Crippen LogP contribution < -0.4 is 5.73 Å². The number of furan rings is 1. The molecule has 0 saturated carbocycles. The molecule has 0 bridgehead atoms. The lowest BCUT2D eigenvalue weighted by atomic mass is 10.1. The quantitative estimate of drug-likeness (QED) is 0.244. The third kappa shape index (κ3) is 7.13. The number of benzene rings is 2. The summed E-state index contributed by atoms with van der Waals surface area (Å²) in [6, 6.07) is 17.8. The highest BCUT2D eigenvalue weighted by Gasteiger charge is 2.17. The molecule has 0 unspecified atom stereocenters. The average molecular weight is 445 g/mol. The molecule has 0 fully saturated rings. The standard InChI is InChI=1S/C21H24N3O6P/c22-11-18-2-1-3-19(10-18)13-23(14-20-8-9-21(30-20)24(25)26)12-16-4-6-17(7-5-16)15-31(27,28)29/h1-10H,11-15,22H2,(H2,27,28,29). The second-order valence-electron chi connectivity index (χ2n) is 7.31. The van der Waals surface area contributed by atoms with Crippen LogP contribution in [0.4, 0.5) is 5.88 Å². The van der Waals surface area contributed by atoms with E-state index in [0.717, 1.165) is 16.7 Å². The van der Waals surface area contributed by atoms with E-state index < -0.39 is 12.5 Å². The van der Waals surface area contributed by atoms with Crippen molar-refractivity contribution < 1.29 is 23.7 Å². The van der Waals surface area contributed by atoms with Crippen LogP contribution in [0.3, 0.4) is 0 Å². The van der Waals surface area contributed by atoms with Crippen LogP contribution in [0.25, 0.3) is 0 Å². The molecule has 0 radical (unpaired) electrons. The van der Waals surface area contributed by atoms with Crippen LogP contribution in [0.15, 0.2) is 65.1 Å². The maximum absolute atomic E-state index is 11.2. The SMILES string of the molecule is NCc1cccc(CN(Cc2ccc(CP(=O)(O)O)cc2)Cc2ccc([N+](=O)[O-])o2)c1. The Morgan fingerprint density at radius 1 is 0.935 bits per heavy atom. The van der Waals surface area contributed by atoms with Gasteiger partial charge in [-0.3, -0.25) is 19.6 Å². The molecule has 0 spiro atoms. The van der Waals surface area contributed by atoms with Crippen molar-refractivity contribution in [3.8, 4) is 0 Å². The van der Waals surface area contributed by atoms with Crippen molar-refractivity contribution in [2.24, 2.45) is 5.73 Å². The van der Waals surface area contributed by atoms with E-state index in [2.05, 4.69) is 4.90 Å². The Labute approximate surface area is 179 Å². The summed E-state index contributed by atoms with van der Waals surface area (Å²) in [7, 11) is -4.12. The average Bonchev–Trinajstić information content (AvgIpc) is 3.17. The maximum atomic E-state index is 11.2. The lowest BCUT2D eigenvalue weighted by molar-refractivity contribution is -0.402. The van der Waals surface area contributed by atoms with Crippen LogP contribution in [-0.4, -0.2) is 19.6 Å². The fraction of sp³-hybridized carbons (Fsp3) is 0.238. The highest BCUT2D eigenvalue weighted by Crippen LogP contribution is 2.39. The van der Waals surface area contributed by atoms with E-state index in [1.165, 1.54) is 6.07 Å². The first-order valence-corrected chi connectivity index (χ1v) is 11.4. The Bertz CT molecular complexity index is 1080. The summed E-state index contributed by atoms with van der Waals surface area (Å²) >= 11 is 0. The lowest BCUT2D eigenvalue weighted by Gasteiger charge is -2.22. The van der Waals surface area contributed by atoms with Crippen molar-refractivity contribution in [2.75, 3.05) is 0 Å². The van der Waals surface area contributed by atoms with Crippen LogP contribution >= 0.6 is 7.60 Å². The van der Waals surface area contributed by atoms with Crippen molar-refractivity contribution >= 4 is 13.5 Å². The summed E-state index contributed by atoms with van der Waals surface area (Å²) in [5, 5.41) is 10.9. The van der Waals surface area contributed by atoms with E-state index in [1.54, 1.807) is 18.2 Å². The van der Waals surface area contributed by atoms with E-state index in [0.29, 0.717) is 37.5 Å². The van der Waals surface area contributed by atoms with Gasteiger partial charge in [0.25, 0.3) is 0 Å². The second-order valence-corrected chi connectivity index (χ2v) is 8.95. The molecule has 3 rings (SSSR count). The third-order valence-electron chi connectivity index (χ3n) is 4.66. The summed E-state index contributed by atoms with van der Waals surface area (Å²) in [5.74, 6) is 0.168. The molecule has 1 heterocycles. The molecule has 0 amide bonds. The fourth-order valence-corrected chi connectivity index (χ4v) is 3.98. The monoisotopic (exact) mass is 445 g/mol. The van der Waals surface area contributed by atoms with Crippen molar-refractivity contribution in [1.29, 1.82) is 0 Å². The van der Waals surface area contributed by atoms with E-state index in [1.807, 2.05) is 36.4 Å². The zero-order valence-corrected chi connectivity index (χ0v) is 17.6. The van der Waals surface area contributed by atoms with Crippen LogP contribution in [-0.2, 0) is 36.9 Å². The largest absolute Gasteiger partial charge is 0.433 e. The van der Waals surface area contributed by atoms with E-state index in [4.69, 9.17) is 19.9 Å². The Morgan fingerprint density at radius 3 is 2.19 bits per heavy atom. The Hall–Kier alpha value is -2.81. The number of hydrogen-bond acceptors (Lipinski definition) is 6. The first-order valence-electron chi connectivity index (χ1n) is 9.57. The molecule has 0 saturated heterocycles. The molecule has 10 heteroatoms. The molecule has 2 aromatic carbocycles. The first kappa shape index (κ1) is 22.9. The molecule has 0 aliphatic heterocycles. The van der Waals surface area contributed by atoms with E-state index >= 15 is 0 Å². The number of nitro groups is 1. The second kappa shape index (κ2) is 10.00. The minimum atomic E-state index is -4.12. The Balaban J connectivity index is 1.78. The summed E-state index contributed by atoms with van der Waals surface area (Å²) < 4.78 is 16.5. The van der Waals surface area contributed by atoms with E-state index in [9.17, 15) is 14.7 Å². The van der Waals surface area contributed by atoms with Gasteiger partial charge in [-0.25, -0.2) is 0 Å². The topological polar surface area (TPSA) is 143 Å². The molecule has 4 N–H and O–H groups in total. The van der Waals surface area contributed by atoms with Gasteiger partial charge in [-0.1, -0.05) is 48.5 Å². The van der Waals surface area contributed by atoms with Crippen molar-refractivity contribution in [3.63, 3.8) is 0 Å². The van der Waals surface area contributed by atoms with Crippen LogP contribution in [0, 0.1) is 10.1 Å². The van der Waals surface area contributed by atoms with Crippen molar-refractivity contribution in [2.45, 2.75) is 32.3 Å². The lowest BCUT2D eigenvalue weighted by Crippen LogP contribution is -2.22. The maximum Gasteiger partial charge on any atom is 0.433 e. The zero-order valence-electron chi connectivity index (χ0n) is 16.8. The smallest absolute Gasteiger partial charge is 0.404 e. The first-order chi connectivity index (χ1) is 14.7. The molecule has 3 aromatic rings. The Morgan fingerprint density at radius 2 is 1.58 bits per heavy atom. The molecular weight excluding hydrogens is 421 g/mol. The minimum Gasteiger partial charge on any atom is -0.404 e. The number of hydrogen-bond donors (Lipinski definition) is 3.